The monoisotopic (exact) mass is 173 g/mol. The largest absolute Gasteiger partial charge is 0.335 e. The summed E-state index contributed by atoms with van der Waals surface area (Å²) in [5, 5.41) is 2.82. The molecule has 0 bridgehead atoms. The lowest BCUT2D eigenvalue weighted by atomic mass is 10.1. The summed E-state index contributed by atoms with van der Waals surface area (Å²) in [6, 6.07) is 0.200. The third-order valence-electron chi connectivity index (χ3n) is 1.50. The average Bonchev–Trinajstić information content (AvgIpc) is 1.84. The molecule has 4 nitrogen and oxygen atoms in total. The van der Waals surface area contributed by atoms with Crippen LogP contribution in [0.2, 0.25) is 0 Å². The Morgan fingerprint density at radius 2 is 2.00 bits per heavy atom. The molecule has 0 saturated carbocycles. The van der Waals surface area contributed by atoms with E-state index in [0.717, 1.165) is 6.42 Å². The van der Waals surface area contributed by atoms with Crippen molar-refractivity contribution >= 4 is 6.03 Å². The van der Waals surface area contributed by atoms with Gasteiger partial charge in [-0.2, -0.15) is 0 Å². The second kappa shape index (κ2) is 4.98. The van der Waals surface area contributed by atoms with Crippen LogP contribution in [0.15, 0.2) is 0 Å². The van der Waals surface area contributed by atoms with E-state index in [1.807, 2.05) is 13.8 Å². The standard InChI is InChI=1S/C8H19N3O/c1-6(9)5-7(2)10-8(12)11(3)4/h6-7H,5,9H2,1-4H3,(H,10,12). The molecule has 0 aromatic heterocycles. The molecule has 0 aliphatic heterocycles. The Labute approximate surface area is 74.1 Å². The summed E-state index contributed by atoms with van der Waals surface area (Å²) < 4.78 is 0. The van der Waals surface area contributed by atoms with Crippen LogP contribution in [-0.4, -0.2) is 37.1 Å². The molecule has 0 aromatic rings. The summed E-state index contributed by atoms with van der Waals surface area (Å²) in [5.74, 6) is 0. The predicted molar refractivity (Wildman–Crippen MR) is 49.9 cm³/mol. The molecular weight excluding hydrogens is 154 g/mol. The van der Waals surface area contributed by atoms with Crippen LogP contribution in [-0.2, 0) is 0 Å². The van der Waals surface area contributed by atoms with Gasteiger partial charge in [-0.25, -0.2) is 4.79 Å². The first kappa shape index (κ1) is 11.2. The van der Waals surface area contributed by atoms with Crippen LogP contribution in [0.5, 0.6) is 0 Å². The minimum absolute atomic E-state index is 0.0665. The van der Waals surface area contributed by atoms with Gasteiger partial charge in [-0.05, 0) is 20.3 Å². The fraction of sp³-hybridized carbons (Fsp3) is 0.875. The number of hydrogen-bond donors (Lipinski definition) is 2. The molecule has 0 saturated heterocycles. The molecule has 0 heterocycles. The van der Waals surface area contributed by atoms with Crippen LogP contribution in [0.1, 0.15) is 20.3 Å². The minimum atomic E-state index is -0.0665. The summed E-state index contributed by atoms with van der Waals surface area (Å²) in [6.07, 6.45) is 0.805. The Morgan fingerprint density at radius 1 is 1.50 bits per heavy atom. The van der Waals surface area contributed by atoms with Gasteiger partial charge >= 0.3 is 6.03 Å². The third kappa shape index (κ3) is 4.96. The lowest BCUT2D eigenvalue weighted by Crippen LogP contribution is -2.42. The van der Waals surface area contributed by atoms with Gasteiger partial charge in [0.1, 0.15) is 0 Å². The predicted octanol–water partition coefficient (Wildman–Crippen LogP) is 0.383. The van der Waals surface area contributed by atoms with Crippen LogP contribution >= 0.6 is 0 Å². The molecule has 2 amide bonds. The Balaban J connectivity index is 3.69. The maximum absolute atomic E-state index is 11.1. The lowest BCUT2D eigenvalue weighted by Gasteiger charge is -2.18. The number of carbonyl (C=O) groups excluding carboxylic acids is 1. The van der Waals surface area contributed by atoms with E-state index in [9.17, 15) is 4.79 Å². The zero-order chi connectivity index (χ0) is 9.72. The van der Waals surface area contributed by atoms with Gasteiger partial charge < -0.3 is 16.0 Å². The maximum atomic E-state index is 11.1. The van der Waals surface area contributed by atoms with E-state index >= 15 is 0 Å². The maximum Gasteiger partial charge on any atom is 0.317 e. The van der Waals surface area contributed by atoms with E-state index in [-0.39, 0.29) is 18.1 Å². The first-order valence-corrected chi connectivity index (χ1v) is 4.17. The number of nitrogens with two attached hydrogens (primary N) is 1. The van der Waals surface area contributed by atoms with Crippen molar-refractivity contribution in [1.29, 1.82) is 0 Å². The van der Waals surface area contributed by atoms with Crippen molar-refractivity contribution in [1.82, 2.24) is 10.2 Å². The van der Waals surface area contributed by atoms with Crippen molar-refractivity contribution < 1.29 is 4.79 Å². The normalized spacial score (nSPS) is 15.1. The Bertz CT molecular complexity index is 145. The van der Waals surface area contributed by atoms with Crippen molar-refractivity contribution in [2.75, 3.05) is 14.1 Å². The summed E-state index contributed by atoms with van der Waals surface area (Å²) in [5.41, 5.74) is 5.58. The third-order valence-corrected chi connectivity index (χ3v) is 1.50. The average molecular weight is 173 g/mol. The Hall–Kier alpha value is -0.770. The fourth-order valence-electron chi connectivity index (χ4n) is 0.956. The Morgan fingerprint density at radius 3 is 2.33 bits per heavy atom. The van der Waals surface area contributed by atoms with Gasteiger partial charge in [-0.3, -0.25) is 0 Å². The van der Waals surface area contributed by atoms with Crippen LogP contribution < -0.4 is 11.1 Å². The molecule has 3 N–H and O–H groups in total. The fourth-order valence-corrected chi connectivity index (χ4v) is 0.956. The van der Waals surface area contributed by atoms with Crippen LogP contribution in [0.25, 0.3) is 0 Å². The number of carbonyl (C=O) groups is 1. The highest BCUT2D eigenvalue weighted by Gasteiger charge is 2.09. The van der Waals surface area contributed by atoms with E-state index in [1.165, 1.54) is 4.90 Å². The van der Waals surface area contributed by atoms with Crippen molar-refractivity contribution in [3.05, 3.63) is 0 Å². The second-order valence-electron chi connectivity index (χ2n) is 3.46. The second-order valence-corrected chi connectivity index (χ2v) is 3.46. The molecule has 0 spiro atoms. The summed E-state index contributed by atoms with van der Waals surface area (Å²) in [6.45, 7) is 3.88. The topological polar surface area (TPSA) is 58.4 Å². The van der Waals surface area contributed by atoms with Gasteiger partial charge in [0, 0.05) is 26.2 Å². The van der Waals surface area contributed by atoms with E-state index in [4.69, 9.17) is 5.73 Å². The van der Waals surface area contributed by atoms with Crippen LogP contribution in [0, 0.1) is 0 Å². The van der Waals surface area contributed by atoms with Crippen molar-refractivity contribution in [3.8, 4) is 0 Å². The first-order chi connectivity index (χ1) is 5.43. The van der Waals surface area contributed by atoms with Crippen LogP contribution in [0.3, 0.4) is 0 Å². The van der Waals surface area contributed by atoms with Crippen LogP contribution in [0.4, 0.5) is 4.79 Å². The van der Waals surface area contributed by atoms with E-state index in [1.54, 1.807) is 14.1 Å². The summed E-state index contributed by atoms with van der Waals surface area (Å²) >= 11 is 0. The molecule has 2 atom stereocenters. The van der Waals surface area contributed by atoms with Gasteiger partial charge in [-0.15, -0.1) is 0 Å². The molecule has 0 rings (SSSR count). The zero-order valence-electron chi connectivity index (χ0n) is 8.29. The molecule has 0 fully saturated rings. The SMILES string of the molecule is CC(N)CC(C)NC(=O)N(C)C. The van der Waals surface area contributed by atoms with Crippen molar-refractivity contribution in [2.45, 2.75) is 32.4 Å². The van der Waals surface area contributed by atoms with E-state index < -0.39 is 0 Å². The lowest BCUT2D eigenvalue weighted by molar-refractivity contribution is 0.213. The molecule has 72 valence electrons. The van der Waals surface area contributed by atoms with E-state index in [2.05, 4.69) is 5.32 Å². The van der Waals surface area contributed by atoms with Crippen molar-refractivity contribution in [2.24, 2.45) is 5.73 Å². The van der Waals surface area contributed by atoms with Gasteiger partial charge in [-0.1, -0.05) is 0 Å². The zero-order valence-corrected chi connectivity index (χ0v) is 8.29. The quantitative estimate of drug-likeness (QED) is 0.648. The number of nitrogens with one attached hydrogen (secondary N) is 1. The molecule has 2 unspecified atom stereocenters. The number of hydrogen-bond acceptors (Lipinski definition) is 2. The smallest absolute Gasteiger partial charge is 0.317 e. The molecular formula is C8H19N3O. The summed E-state index contributed by atoms with van der Waals surface area (Å²) in [7, 11) is 3.43. The number of amides is 2. The Kier molecular flexibility index (Phi) is 4.66. The van der Waals surface area contributed by atoms with Gasteiger partial charge in [0.05, 0.1) is 0 Å². The number of nitrogens with zero attached hydrogens (tertiary/aromatic N) is 1. The number of rotatable bonds is 3. The molecule has 12 heavy (non-hydrogen) atoms. The van der Waals surface area contributed by atoms with E-state index in [0.29, 0.717) is 0 Å². The molecule has 0 aliphatic rings. The number of urea groups is 1. The molecule has 0 aliphatic carbocycles. The molecule has 4 heteroatoms. The van der Waals surface area contributed by atoms with Gasteiger partial charge in [0.25, 0.3) is 0 Å². The highest BCUT2D eigenvalue weighted by atomic mass is 16.2. The first-order valence-electron chi connectivity index (χ1n) is 4.17. The highest BCUT2D eigenvalue weighted by molar-refractivity contribution is 5.73. The highest BCUT2D eigenvalue weighted by Crippen LogP contribution is 1.94. The van der Waals surface area contributed by atoms with Gasteiger partial charge in [0.15, 0.2) is 0 Å². The summed E-state index contributed by atoms with van der Waals surface area (Å²) in [4.78, 5) is 12.6. The van der Waals surface area contributed by atoms with Crippen molar-refractivity contribution in [3.63, 3.8) is 0 Å². The minimum Gasteiger partial charge on any atom is -0.335 e. The molecule has 0 radical (unpaired) electrons. The van der Waals surface area contributed by atoms with Gasteiger partial charge in [0.2, 0.25) is 0 Å². The molecule has 0 aromatic carbocycles.